The fourth-order valence-electron chi connectivity index (χ4n) is 2.75. The second-order valence-electron chi connectivity index (χ2n) is 5.70. The molecule has 0 N–H and O–H groups in total. The van der Waals surface area contributed by atoms with Crippen molar-refractivity contribution in [3.05, 3.63) is 46.6 Å². The second-order valence-corrected chi connectivity index (χ2v) is 5.70. The molecule has 0 fully saturated rings. The third kappa shape index (κ3) is 4.84. The molecule has 0 bridgehead atoms. The predicted octanol–water partition coefficient (Wildman–Crippen LogP) is -1.38. The first kappa shape index (κ1) is 22.6. The van der Waals surface area contributed by atoms with Crippen LogP contribution in [0.1, 0.15) is 0 Å². The molecule has 0 saturated carbocycles. The molecule has 0 unspecified atom stereocenters. The monoisotopic (exact) mass is 408 g/mol. The summed E-state index contributed by atoms with van der Waals surface area (Å²) in [5, 5.41) is 10.8. The molecule has 0 aliphatic heterocycles. The molecule has 9 heteroatoms. The molecule has 1 aromatic heterocycles. The van der Waals surface area contributed by atoms with Gasteiger partial charge in [-0.15, -0.1) is 0 Å². The van der Waals surface area contributed by atoms with Crippen molar-refractivity contribution >= 4 is 16.9 Å². The molecule has 0 spiro atoms. The zero-order chi connectivity index (χ0) is 20.3. The van der Waals surface area contributed by atoms with Crippen LogP contribution in [0.5, 0.6) is 23.0 Å². The third-order valence-corrected chi connectivity index (χ3v) is 4.01. The van der Waals surface area contributed by atoms with Crippen molar-refractivity contribution in [3.63, 3.8) is 0 Å². The number of carbonyl (C=O) groups is 1. The summed E-state index contributed by atoms with van der Waals surface area (Å²) in [7, 11) is 4.41. The Balaban J connectivity index is 0.00000300. The van der Waals surface area contributed by atoms with E-state index in [9.17, 15) is 14.7 Å². The van der Waals surface area contributed by atoms with Crippen LogP contribution < -0.4 is 59.0 Å². The van der Waals surface area contributed by atoms with Gasteiger partial charge in [0.05, 0.1) is 27.3 Å². The molecular formula is C20H17NaO8. The van der Waals surface area contributed by atoms with Crippen LogP contribution in [-0.4, -0.2) is 33.9 Å². The molecule has 0 amide bonds. The van der Waals surface area contributed by atoms with Crippen molar-refractivity contribution in [2.45, 2.75) is 0 Å². The summed E-state index contributed by atoms with van der Waals surface area (Å²) in [5.41, 5.74) is 0.455. The van der Waals surface area contributed by atoms with Gasteiger partial charge in [0.15, 0.2) is 16.9 Å². The van der Waals surface area contributed by atoms with E-state index in [0.29, 0.717) is 17.1 Å². The van der Waals surface area contributed by atoms with E-state index >= 15 is 0 Å². The number of rotatable bonds is 7. The molecule has 8 nitrogen and oxygen atoms in total. The average Bonchev–Trinajstić information content (AvgIpc) is 2.70. The number of fused-ring (bicyclic) bond motifs is 1. The molecular weight excluding hydrogens is 391 g/mol. The van der Waals surface area contributed by atoms with Crippen LogP contribution in [0.15, 0.2) is 45.6 Å². The number of hydrogen-bond acceptors (Lipinski definition) is 8. The molecule has 2 aromatic carbocycles. The molecule has 0 aliphatic rings. The summed E-state index contributed by atoms with van der Waals surface area (Å²) in [6.07, 6.45) is 0. The fraction of sp³-hybridized carbons (Fsp3) is 0.200. The van der Waals surface area contributed by atoms with Gasteiger partial charge in [0.2, 0.25) is 0 Å². The first-order chi connectivity index (χ1) is 13.5. The normalized spacial score (nSPS) is 10.2. The molecule has 0 aliphatic carbocycles. The van der Waals surface area contributed by atoms with Gasteiger partial charge >= 0.3 is 29.6 Å². The maximum Gasteiger partial charge on any atom is 1.00 e. The van der Waals surface area contributed by atoms with E-state index in [1.807, 2.05) is 0 Å². The van der Waals surface area contributed by atoms with Crippen molar-refractivity contribution in [2.24, 2.45) is 0 Å². The number of ether oxygens (including phenoxy) is 4. The Morgan fingerprint density at radius 1 is 0.966 bits per heavy atom. The summed E-state index contributed by atoms with van der Waals surface area (Å²) < 4.78 is 26.7. The summed E-state index contributed by atoms with van der Waals surface area (Å²) in [6, 6.07) is 9.27. The number of aliphatic carboxylic acids is 1. The van der Waals surface area contributed by atoms with Crippen molar-refractivity contribution in [1.82, 2.24) is 0 Å². The summed E-state index contributed by atoms with van der Waals surface area (Å²) in [4.78, 5) is 23.3. The summed E-state index contributed by atoms with van der Waals surface area (Å²) in [5.74, 6) is 0.303. The molecule has 0 radical (unpaired) electrons. The van der Waals surface area contributed by atoms with Crippen molar-refractivity contribution in [2.75, 3.05) is 27.9 Å². The van der Waals surface area contributed by atoms with E-state index in [2.05, 4.69) is 0 Å². The Kier molecular flexibility index (Phi) is 7.55. The molecule has 3 rings (SSSR count). The van der Waals surface area contributed by atoms with Gasteiger partial charge < -0.3 is 33.3 Å². The minimum atomic E-state index is -1.38. The van der Waals surface area contributed by atoms with Crippen molar-refractivity contribution in [3.8, 4) is 34.3 Å². The van der Waals surface area contributed by atoms with Crippen LogP contribution in [0.3, 0.4) is 0 Å². The number of hydrogen-bond donors (Lipinski definition) is 0. The van der Waals surface area contributed by atoms with Gasteiger partial charge in [0.1, 0.15) is 34.8 Å². The number of carboxylic acid groups (broad SMARTS) is 1. The van der Waals surface area contributed by atoms with Gasteiger partial charge in [-0.2, -0.15) is 0 Å². The fourth-order valence-corrected chi connectivity index (χ4v) is 2.75. The van der Waals surface area contributed by atoms with E-state index in [1.165, 1.54) is 39.5 Å². The molecule has 0 atom stereocenters. The largest absolute Gasteiger partial charge is 1.00 e. The first-order valence-electron chi connectivity index (χ1n) is 8.17. The standard InChI is InChI=1S/C20H18O8.Na/c1-24-14-5-4-11(6-16(14)25-2)15-9-13(21)20-17(26-3)7-12(8-18(20)28-15)27-10-19(22)23;/h4-9H,10H2,1-3H3,(H,22,23);/q;+1/p-1. The molecule has 1 heterocycles. The summed E-state index contributed by atoms with van der Waals surface area (Å²) >= 11 is 0. The van der Waals surface area contributed by atoms with Gasteiger partial charge in [-0.05, 0) is 18.2 Å². The van der Waals surface area contributed by atoms with Crippen LogP contribution in [0.4, 0.5) is 0 Å². The maximum atomic E-state index is 12.7. The van der Waals surface area contributed by atoms with E-state index in [1.54, 1.807) is 18.2 Å². The topological polar surface area (TPSA) is 107 Å². The SMILES string of the molecule is COc1ccc(-c2cc(=O)c3c(OC)cc(OCC(=O)[O-])cc3o2)cc1OC.[Na+]. The quantitative estimate of drug-likeness (QED) is 0.441. The van der Waals surface area contributed by atoms with Gasteiger partial charge in [0.25, 0.3) is 0 Å². The predicted molar refractivity (Wildman–Crippen MR) is 98.1 cm³/mol. The van der Waals surface area contributed by atoms with E-state index < -0.39 is 12.6 Å². The minimum absolute atomic E-state index is 0. The second kappa shape index (κ2) is 9.69. The molecule has 146 valence electrons. The van der Waals surface area contributed by atoms with E-state index in [0.717, 1.165) is 0 Å². The van der Waals surface area contributed by atoms with Gasteiger partial charge in [-0.3, -0.25) is 4.79 Å². The number of benzene rings is 2. The maximum absolute atomic E-state index is 12.7. The van der Waals surface area contributed by atoms with Crippen LogP contribution in [0.25, 0.3) is 22.3 Å². The molecule has 0 saturated heterocycles. The number of carbonyl (C=O) groups excluding carboxylic acids is 1. The van der Waals surface area contributed by atoms with Crippen LogP contribution in [0.2, 0.25) is 0 Å². The Hall–Kier alpha value is -2.68. The molecule has 29 heavy (non-hydrogen) atoms. The number of methoxy groups -OCH3 is 3. The van der Waals surface area contributed by atoms with Gasteiger partial charge in [0, 0.05) is 23.8 Å². The zero-order valence-electron chi connectivity index (χ0n) is 16.4. The average molecular weight is 408 g/mol. The summed E-state index contributed by atoms with van der Waals surface area (Å²) in [6.45, 7) is -0.645. The van der Waals surface area contributed by atoms with Gasteiger partial charge in [-0.1, -0.05) is 0 Å². The Morgan fingerprint density at radius 2 is 1.66 bits per heavy atom. The van der Waals surface area contributed by atoms with Crippen LogP contribution in [0, 0.1) is 0 Å². The van der Waals surface area contributed by atoms with Crippen molar-refractivity contribution in [1.29, 1.82) is 0 Å². The van der Waals surface area contributed by atoms with Crippen molar-refractivity contribution < 1.29 is 62.8 Å². The Bertz CT molecular complexity index is 1090. The Labute approximate surface area is 188 Å². The zero-order valence-corrected chi connectivity index (χ0v) is 18.4. The van der Waals surface area contributed by atoms with E-state index in [-0.39, 0.29) is 63.2 Å². The van der Waals surface area contributed by atoms with Crippen LogP contribution in [-0.2, 0) is 4.79 Å². The first-order valence-corrected chi connectivity index (χ1v) is 8.17. The van der Waals surface area contributed by atoms with E-state index in [4.69, 9.17) is 23.4 Å². The molecule has 3 aromatic rings. The number of carboxylic acids is 1. The Morgan fingerprint density at radius 3 is 2.28 bits per heavy atom. The third-order valence-electron chi connectivity index (χ3n) is 4.01. The minimum Gasteiger partial charge on any atom is -0.546 e. The smallest absolute Gasteiger partial charge is 0.546 e. The van der Waals surface area contributed by atoms with Crippen LogP contribution >= 0.6 is 0 Å². The van der Waals surface area contributed by atoms with Gasteiger partial charge in [-0.25, -0.2) is 0 Å².